The van der Waals surface area contributed by atoms with Gasteiger partial charge in [-0.2, -0.15) is 0 Å². The summed E-state index contributed by atoms with van der Waals surface area (Å²) in [5.41, 5.74) is 6.21. The normalized spacial score (nSPS) is 23.1. The van der Waals surface area contributed by atoms with Gasteiger partial charge in [0.15, 0.2) is 0 Å². The van der Waals surface area contributed by atoms with E-state index in [9.17, 15) is 9.59 Å². The topological polar surface area (TPSA) is 89.2 Å². The highest BCUT2D eigenvalue weighted by Gasteiger charge is 2.24. The van der Waals surface area contributed by atoms with Crippen LogP contribution in [0.5, 0.6) is 0 Å². The molecule has 104 valence electrons. The van der Waals surface area contributed by atoms with Gasteiger partial charge in [0, 0.05) is 13.2 Å². The van der Waals surface area contributed by atoms with Gasteiger partial charge in [-0.15, -0.1) is 0 Å². The van der Waals surface area contributed by atoms with Crippen LogP contribution in [0, 0.1) is 5.92 Å². The number of piperidine rings is 1. The largest absolute Gasteiger partial charge is 0.364 e. The first-order valence-corrected chi connectivity index (χ1v) is 6.47. The predicted octanol–water partition coefficient (Wildman–Crippen LogP) is 0.451. The molecule has 2 unspecified atom stereocenters. The van der Waals surface area contributed by atoms with Crippen LogP contribution in [0.25, 0.3) is 0 Å². The van der Waals surface area contributed by atoms with Gasteiger partial charge >= 0.3 is 0 Å². The first-order valence-electron chi connectivity index (χ1n) is 6.47. The lowest BCUT2D eigenvalue weighted by Crippen LogP contribution is -2.45. The fraction of sp³-hybridized carbons (Fsp3) is 0.538. The molecule has 0 radical (unpaired) electrons. The number of nitrogens with one attached hydrogen (secondary N) is 2. The van der Waals surface area contributed by atoms with Crippen LogP contribution < -0.4 is 16.4 Å². The van der Waals surface area contributed by atoms with Crippen molar-refractivity contribution in [2.75, 3.05) is 11.9 Å². The molecular formula is C13H20N4O2. The van der Waals surface area contributed by atoms with Gasteiger partial charge in [0.2, 0.25) is 5.91 Å². The first kappa shape index (κ1) is 13.6. The molecule has 0 saturated carbocycles. The Bertz CT molecular complexity index is 495. The van der Waals surface area contributed by atoms with Crippen molar-refractivity contribution in [1.82, 2.24) is 9.88 Å². The molecule has 19 heavy (non-hydrogen) atoms. The summed E-state index contributed by atoms with van der Waals surface area (Å²) < 4.78 is 1.61. The highest BCUT2D eigenvalue weighted by Crippen LogP contribution is 2.18. The Hall–Kier alpha value is -1.82. The van der Waals surface area contributed by atoms with E-state index in [0.717, 1.165) is 19.4 Å². The zero-order valence-electron chi connectivity index (χ0n) is 11.3. The lowest BCUT2D eigenvalue weighted by molar-refractivity contribution is -0.119. The van der Waals surface area contributed by atoms with E-state index in [1.165, 1.54) is 0 Å². The number of aryl methyl sites for hydroxylation is 1. The highest BCUT2D eigenvalue weighted by atomic mass is 16.2. The molecule has 0 aliphatic carbocycles. The van der Waals surface area contributed by atoms with Gasteiger partial charge in [-0.1, -0.05) is 6.92 Å². The summed E-state index contributed by atoms with van der Waals surface area (Å²) in [5, 5.41) is 6.02. The van der Waals surface area contributed by atoms with Crippen LogP contribution >= 0.6 is 0 Å². The number of hydrogen-bond donors (Lipinski definition) is 3. The number of primary amides is 1. The third-order valence-electron chi connectivity index (χ3n) is 3.51. The van der Waals surface area contributed by atoms with Crippen LogP contribution in [0.1, 0.15) is 30.3 Å². The Balaban J connectivity index is 2.02. The molecule has 2 atom stereocenters. The van der Waals surface area contributed by atoms with Crippen LogP contribution in [0.4, 0.5) is 5.69 Å². The monoisotopic (exact) mass is 264 g/mol. The summed E-state index contributed by atoms with van der Waals surface area (Å²) in [4.78, 5) is 23.2. The summed E-state index contributed by atoms with van der Waals surface area (Å²) in [6.07, 6.45) is 3.62. The molecule has 2 heterocycles. The minimum atomic E-state index is -0.507. The summed E-state index contributed by atoms with van der Waals surface area (Å²) in [6.45, 7) is 3.01. The van der Waals surface area contributed by atoms with E-state index in [0.29, 0.717) is 17.3 Å². The maximum absolute atomic E-state index is 12.1. The van der Waals surface area contributed by atoms with Crippen molar-refractivity contribution in [3.8, 4) is 0 Å². The Labute approximate surface area is 112 Å². The number of hydrogen-bond acceptors (Lipinski definition) is 3. The zero-order valence-corrected chi connectivity index (χ0v) is 11.3. The summed E-state index contributed by atoms with van der Waals surface area (Å²) >= 11 is 0. The molecule has 2 amide bonds. The van der Waals surface area contributed by atoms with Crippen molar-refractivity contribution < 1.29 is 9.59 Å². The third-order valence-corrected chi connectivity index (χ3v) is 3.51. The Kier molecular flexibility index (Phi) is 3.90. The minimum Gasteiger partial charge on any atom is -0.364 e. The lowest BCUT2D eigenvalue weighted by Gasteiger charge is -2.27. The first-order chi connectivity index (χ1) is 8.97. The molecule has 6 nitrogen and oxygen atoms in total. The van der Waals surface area contributed by atoms with E-state index < -0.39 is 5.91 Å². The van der Waals surface area contributed by atoms with Gasteiger partial charge < -0.3 is 20.9 Å². The summed E-state index contributed by atoms with van der Waals surface area (Å²) in [5.74, 6) is -0.0189. The Morgan fingerprint density at radius 1 is 1.53 bits per heavy atom. The van der Waals surface area contributed by atoms with Crippen LogP contribution in [-0.4, -0.2) is 29.0 Å². The van der Waals surface area contributed by atoms with E-state index in [1.807, 2.05) is 0 Å². The zero-order chi connectivity index (χ0) is 14.0. The van der Waals surface area contributed by atoms with Gasteiger partial charge in [-0.05, 0) is 31.4 Å². The molecule has 1 aromatic rings. The molecule has 6 heteroatoms. The fourth-order valence-corrected chi connectivity index (χ4v) is 2.41. The lowest BCUT2D eigenvalue weighted by atomic mass is 9.94. The molecule has 1 fully saturated rings. The van der Waals surface area contributed by atoms with E-state index in [4.69, 9.17) is 5.73 Å². The number of anilines is 1. The molecule has 0 aromatic carbocycles. The second kappa shape index (κ2) is 5.44. The van der Waals surface area contributed by atoms with Crippen molar-refractivity contribution in [1.29, 1.82) is 0 Å². The molecule has 0 bridgehead atoms. The van der Waals surface area contributed by atoms with Gasteiger partial charge in [0.25, 0.3) is 5.91 Å². The third kappa shape index (κ3) is 3.14. The maximum atomic E-state index is 12.1. The smallest absolute Gasteiger partial charge is 0.265 e. The van der Waals surface area contributed by atoms with E-state index in [2.05, 4.69) is 17.6 Å². The number of carbonyl (C=O) groups excluding carboxylic acids is 2. The molecule has 1 aliphatic rings. The van der Waals surface area contributed by atoms with Crippen LogP contribution in [0.2, 0.25) is 0 Å². The summed E-state index contributed by atoms with van der Waals surface area (Å²) in [6, 6.07) is 1.42. The van der Waals surface area contributed by atoms with Gasteiger partial charge in [-0.25, -0.2) is 0 Å². The average Bonchev–Trinajstić information content (AvgIpc) is 2.70. The van der Waals surface area contributed by atoms with E-state index in [-0.39, 0.29) is 11.9 Å². The molecule has 1 saturated heterocycles. The Morgan fingerprint density at radius 2 is 2.26 bits per heavy atom. The number of rotatable bonds is 3. The fourth-order valence-electron chi connectivity index (χ4n) is 2.41. The number of aromatic nitrogens is 1. The second-order valence-corrected chi connectivity index (χ2v) is 5.21. The van der Waals surface area contributed by atoms with Crippen molar-refractivity contribution in [2.45, 2.75) is 25.8 Å². The standard InChI is InChI=1S/C13H20N4O2/c1-8-3-4-15-10(5-8)13(19)16-9-6-11(12(14)18)17(2)7-9/h6-8,10,15H,3-5H2,1-2H3,(H2,14,18)(H,16,19). The summed E-state index contributed by atoms with van der Waals surface area (Å²) in [7, 11) is 1.72. The maximum Gasteiger partial charge on any atom is 0.265 e. The van der Waals surface area contributed by atoms with Crippen molar-refractivity contribution >= 4 is 17.5 Å². The van der Waals surface area contributed by atoms with E-state index >= 15 is 0 Å². The number of amides is 2. The SMILES string of the molecule is CC1CCNC(C(=O)Nc2cc(C(N)=O)n(C)c2)C1. The quantitative estimate of drug-likeness (QED) is 0.740. The van der Waals surface area contributed by atoms with E-state index in [1.54, 1.807) is 23.9 Å². The molecule has 1 aromatic heterocycles. The number of carbonyl (C=O) groups is 2. The molecule has 1 aliphatic heterocycles. The minimum absolute atomic E-state index is 0.0619. The van der Waals surface area contributed by atoms with Crippen LogP contribution in [-0.2, 0) is 11.8 Å². The molecule has 0 spiro atoms. The highest BCUT2D eigenvalue weighted by molar-refractivity contribution is 5.97. The second-order valence-electron chi connectivity index (χ2n) is 5.21. The van der Waals surface area contributed by atoms with Crippen molar-refractivity contribution in [2.24, 2.45) is 18.7 Å². The van der Waals surface area contributed by atoms with Gasteiger partial charge in [0.05, 0.1) is 11.7 Å². The average molecular weight is 264 g/mol. The predicted molar refractivity (Wildman–Crippen MR) is 72.7 cm³/mol. The van der Waals surface area contributed by atoms with Crippen LogP contribution in [0.15, 0.2) is 12.3 Å². The van der Waals surface area contributed by atoms with Crippen molar-refractivity contribution in [3.63, 3.8) is 0 Å². The molecule has 4 N–H and O–H groups in total. The molecule has 2 rings (SSSR count). The van der Waals surface area contributed by atoms with Crippen molar-refractivity contribution in [3.05, 3.63) is 18.0 Å². The molecular weight excluding hydrogens is 244 g/mol. The number of nitrogens with zero attached hydrogens (tertiary/aromatic N) is 1. The van der Waals surface area contributed by atoms with Gasteiger partial charge in [-0.3, -0.25) is 9.59 Å². The van der Waals surface area contributed by atoms with Gasteiger partial charge in [0.1, 0.15) is 5.69 Å². The number of nitrogens with two attached hydrogens (primary N) is 1. The van der Waals surface area contributed by atoms with Crippen LogP contribution in [0.3, 0.4) is 0 Å². The Morgan fingerprint density at radius 3 is 2.84 bits per heavy atom.